The highest BCUT2D eigenvalue weighted by Gasteiger charge is 2.32. The molecule has 2 aliphatic rings. The van der Waals surface area contributed by atoms with Gasteiger partial charge in [0, 0.05) is 32.1 Å². The second-order valence-electron chi connectivity index (χ2n) is 8.85. The molecule has 0 radical (unpaired) electrons. The number of nitrogens with zero attached hydrogens (tertiary/aromatic N) is 2. The molecule has 0 spiro atoms. The summed E-state index contributed by atoms with van der Waals surface area (Å²) >= 11 is 0. The summed E-state index contributed by atoms with van der Waals surface area (Å²) in [6, 6.07) is 15.8. The van der Waals surface area contributed by atoms with Gasteiger partial charge in [-0.1, -0.05) is 48.4 Å². The summed E-state index contributed by atoms with van der Waals surface area (Å²) in [7, 11) is -3.41. The van der Waals surface area contributed by atoms with Gasteiger partial charge >= 0.3 is 0 Å². The quantitative estimate of drug-likeness (QED) is 0.615. The lowest BCUT2D eigenvalue weighted by Gasteiger charge is -2.26. The largest absolute Gasteiger partial charge is 0.335 e. The van der Waals surface area contributed by atoms with Gasteiger partial charge in [-0.3, -0.25) is 4.79 Å². The maximum atomic E-state index is 12.9. The molecule has 1 aliphatic carbocycles. The lowest BCUT2D eigenvalue weighted by Crippen LogP contribution is -2.35. The van der Waals surface area contributed by atoms with Gasteiger partial charge in [-0.2, -0.15) is 4.31 Å². The SMILES string of the molecule is Cc1ccc(CN(C(=O)CCc2ccc(S(=O)(=O)N3CCCCC3)cc2)C2CC2)cc1. The van der Waals surface area contributed by atoms with E-state index in [9.17, 15) is 13.2 Å². The van der Waals surface area contributed by atoms with Crippen molar-refractivity contribution in [3.8, 4) is 0 Å². The van der Waals surface area contributed by atoms with E-state index in [1.807, 2.05) is 17.0 Å². The van der Waals surface area contributed by atoms with E-state index in [1.165, 1.54) is 5.56 Å². The molecule has 1 heterocycles. The van der Waals surface area contributed by atoms with Gasteiger partial charge in [-0.25, -0.2) is 8.42 Å². The zero-order chi connectivity index (χ0) is 21.8. The first-order valence-electron chi connectivity index (χ1n) is 11.4. The summed E-state index contributed by atoms with van der Waals surface area (Å²) < 4.78 is 27.2. The molecular formula is C25H32N2O3S. The monoisotopic (exact) mass is 440 g/mol. The first kappa shape index (κ1) is 22.0. The number of carbonyl (C=O) groups is 1. The second-order valence-corrected chi connectivity index (χ2v) is 10.8. The molecule has 1 aliphatic heterocycles. The Kier molecular flexibility index (Phi) is 6.77. The van der Waals surface area contributed by atoms with E-state index < -0.39 is 10.0 Å². The summed E-state index contributed by atoms with van der Waals surface area (Å²) in [5.41, 5.74) is 3.38. The Bertz CT molecular complexity index is 990. The van der Waals surface area contributed by atoms with Crippen molar-refractivity contribution >= 4 is 15.9 Å². The van der Waals surface area contributed by atoms with Crippen molar-refractivity contribution < 1.29 is 13.2 Å². The van der Waals surface area contributed by atoms with Crippen LogP contribution in [0.15, 0.2) is 53.4 Å². The van der Waals surface area contributed by atoms with Crippen LogP contribution in [0.4, 0.5) is 0 Å². The van der Waals surface area contributed by atoms with E-state index in [4.69, 9.17) is 0 Å². The summed E-state index contributed by atoms with van der Waals surface area (Å²) in [4.78, 5) is 15.3. The van der Waals surface area contributed by atoms with Crippen molar-refractivity contribution in [2.75, 3.05) is 13.1 Å². The van der Waals surface area contributed by atoms with Crippen LogP contribution in [0, 0.1) is 6.92 Å². The molecule has 5 nitrogen and oxygen atoms in total. The van der Waals surface area contributed by atoms with Gasteiger partial charge in [0.15, 0.2) is 0 Å². The van der Waals surface area contributed by atoms with Crippen LogP contribution >= 0.6 is 0 Å². The average molecular weight is 441 g/mol. The van der Waals surface area contributed by atoms with E-state index in [0.29, 0.717) is 43.4 Å². The Balaban J connectivity index is 1.35. The molecule has 1 saturated heterocycles. The van der Waals surface area contributed by atoms with Crippen LogP contribution in [0.5, 0.6) is 0 Å². The number of aryl methyl sites for hydroxylation is 2. The normalized spacial score (nSPS) is 17.5. The van der Waals surface area contributed by atoms with Gasteiger partial charge < -0.3 is 4.90 Å². The van der Waals surface area contributed by atoms with Gasteiger partial charge in [0.2, 0.25) is 15.9 Å². The number of hydrogen-bond acceptors (Lipinski definition) is 3. The number of carbonyl (C=O) groups excluding carboxylic acids is 1. The van der Waals surface area contributed by atoms with Gasteiger partial charge in [-0.05, 0) is 62.3 Å². The van der Waals surface area contributed by atoms with Gasteiger partial charge in [-0.15, -0.1) is 0 Å². The molecule has 166 valence electrons. The Hall–Kier alpha value is -2.18. The molecule has 0 bridgehead atoms. The minimum absolute atomic E-state index is 0.174. The van der Waals surface area contributed by atoms with Crippen LogP contribution in [0.3, 0.4) is 0 Å². The van der Waals surface area contributed by atoms with Crippen molar-refractivity contribution in [3.63, 3.8) is 0 Å². The van der Waals surface area contributed by atoms with E-state index in [2.05, 4.69) is 31.2 Å². The predicted molar refractivity (Wildman–Crippen MR) is 122 cm³/mol. The predicted octanol–water partition coefficient (Wildman–Crippen LogP) is 4.29. The molecule has 0 atom stereocenters. The Morgan fingerprint density at radius 1 is 0.935 bits per heavy atom. The van der Waals surface area contributed by atoms with Crippen LogP contribution in [-0.2, 0) is 27.8 Å². The number of amides is 1. The molecule has 0 unspecified atom stereocenters. The summed E-state index contributed by atoms with van der Waals surface area (Å²) in [5, 5.41) is 0. The minimum Gasteiger partial charge on any atom is -0.335 e. The molecule has 1 amide bonds. The van der Waals surface area contributed by atoms with Gasteiger partial charge in [0.05, 0.1) is 4.90 Å². The number of hydrogen-bond donors (Lipinski definition) is 0. The van der Waals surface area contributed by atoms with Crippen molar-refractivity contribution in [1.82, 2.24) is 9.21 Å². The maximum absolute atomic E-state index is 12.9. The van der Waals surface area contributed by atoms with Crippen molar-refractivity contribution in [2.24, 2.45) is 0 Å². The standard InChI is InChI=1S/C25H32N2O3S/c1-20-5-7-22(8-6-20)19-27(23-12-13-23)25(28)16-11-21-9-14-24(15-10-21)31(29,30)26-17-3-2-4-18-26/h5-10,14-15,23H,2-4,11-13,16-19H2,1H3. The minimum atomic E-state index is -3.41. The fourth-order valence-corrected chi connectivity index (χ4v) is 5.69. The summed E-state index contributed by atoms with van der Waals surface area (Å²) in [6.45, 7) is 3.95. The summed E-state index contributed by atoms with van der Waals surface area (Å²) in [6.07, 6.45) is 6.20. The highest BCUT2D eigenvalue weighted by atomic mass is 32.2. The molecule has 2 fully saturated rings. The number of benzene rings is 2. The Morgan fingerprint density at radius 2 is 1.55 bits per heavy atom. The highest BCUT2D eigenvalue weighted by Crippen LogP contribution is 2.29. The van der Waals surface area contributed by atoms with Gasteiger partial charge in [0.25, 0.3) is 0 Å². The van der Waals surface area contributed by atoms with Crippen molar-refractivity contribution in [3.05, 3.63) is 65.2 Å². The lowest BCUT2D eigenvalue weighted by atomic mass is 10.1. The molecule has 0 N–H and O–H groups in total. The molecule has 2 aromatic carbocycles. The molecule has 4 rings (SSSR count). The van der Waals surface area contributed by atoms with Gasteiger partial charge in [0.1, 0.15) is 0 Å². The fourth-order valence-electron chi connectivity index (χ4n) is 4.17. The average Bonchev–Trinajstić information content (AvgIpc) is 3.63. The zero-order valence-electron chi connectivity index (χ0n) is 18.3. The zero-order valence-corrected chi connectivity index (χ0v) is 19.1. The van der Waals surface area contributed by atoms with E-state index in [1.54, 1.807) is 16.4 Å². The lowest BCUT2D eigenvalue weighted by molar-refractivity contribution is -0.132. The van der Waals surface area contributed by atoms with Crippen molar-refractivity contribution in [2.45, 2.75) is 69.4 Å². The molecule has 2 aromatic rings. The second kappa shape index (κ2) is 9.53. The highest BCUT2D eigenvalue weighted by molar-refractivity contribution is 7.89. The Morgan fingerprint density at radius 3 is 2.16 bits per heavy atom. The first-order chi connectivity index (χ1) is 14.9. The van der Waals surface area contributed by atoms with E-state index in [-0.39, 0.29) is 5.91 Å². The molecule has 0 aromatic heterocycles. The molecule has 31 heavy (non-hydrogen) atoms. The molecular weight excluding hydrogens is 408 g/mol. The smallest absolute Gasteiger partial charge is 0.243 e. The first-order valence-corrected chi connectivity index (χ1v) is 12.8. The fraction of sp³-hybridized carbons (Fsp3) is 0.480. The van der Waals surface area contributed by atoms with Crippen LogP contribution in [0.25, 0.3) is 0 Å². The summed E-state index contributed by atoms with van der Waals surface area (Å²) in [5.74, 6) is 0.174. The number of sulfonamides is 1. The molecule has 6 heteroatoms. The van der Waals surface area contributed by atoms with E-state index >= 15 is 0 Å². The third-order valence-electron chi connectivity index (χ3n) is 6.29. The van der Waals surface area contributed by atoms with Crippen LogP contribution in [0.2, 0.25) is 0 Å². The molecule has 1 saturated carbocycles. The third-order valence-corrected chi connectivity index (χ3v) is 8.20. The van der Waals surface area contributed by atoms with Crippen LogP contribution in [0.1, 0.15) is 55.2 Å². The van der Waals surface area contributed by atoms with Crippen LogP contribution < -0.4 is 0 Å². The number of piperidine rings is 1. The van der Waals surface area contributed by atoms with E-state index in [0.717, 1.165) is 43.2 Å². The third kappa shape index (κ3) is 5.55. The Labute approximate surface area is 186 Å². The number of rotatable bonds is 8. The van der Waals surface area contributed by atoms with Crippen LogP contribution in [-0.4, -0.2) is 42.7 Å². The maximum Gasteiger partial charge on any atom is 0.243 e. The van der Waals surface area contributed by atoms with Crippen molar-refractivity contribution in [1.29, 1.82) is 0 Å². The topological polar surface area (TPSA) is 57.7 Å².